The van der Waals surface area contributed by atoms with Crippen LogP contribution in [0.5, 0.6) is 0 Å². The maximum Gasteiger partial charge on any atom is 0.300 e. The molecule has 0 spiro atoms. The Hall–Kier alpha value is -2.90. The van der Waals surface area contributed by atoms with Gasteiger partial charge in [0.25, 0.3) is 11.6 Å². The molecule has 3 N–H and O–H groups in total. The molecule has 0 aliphatic heterocycles. The van der Waals surface area contributed by atoms with Gasteiger partial charge in [-0.1, -0.05) is 0 Å². The maximum atomic E-state index is 11.9. The van der Waals surface area contributed by atoms with Crippen LogP contribution in [0, 0.1) is 10.1 Å². The van der Waals surface area contributed by atoms with Gasteiger partial charge in [0.1, 0.15) is 17.6 Å². The molecule has 0 radical (unpaired) electrons. The van der Waals surface area contributed by atoms with Gasteiger partial charge < -0.3 is 15.5 Å². The van der Waals surface area contributed by atoms with E-state index in [2.05, 4.69) is 10.3 Å². The fraction of sp³-hybridized carbons (Fsp3) is 0.0909. The van der Waals surface area contributed by atoms with Gasteiger partial charge >= 0.3 is 0 Å². The number of anilines is 1. The van der Waals surface area contributed by atoms with Gasteiger partial charge in [-0.15, -0.1) is 0 Å². The predicted molar refractivity (Wildman–Crippen MR) is 65.2 cm³/mol. The van der Waals surface area contributed by atoms with E-state index in [1.165, 1.54) is 18.6 Å². The number of amides is 1. The van der Waals surface area contributed by atoms with E-state index in [4.69, 9.17) is 10.2 Å². The molecule has 0 aliphatic carbocycles. The fourth-order valence-electron chi connectivity index (χ4n) is 1.46. The number of nitrogen functional groups attached to an aromatic ring is 1. The SMILES string of the molecule is Nc1cc(C(=O)NCc2ccoc2)c([N+](=O)[O-])cn1. The number of nitrogens with zero attached hydrogens (tertiary/aromatic N) is 2. The number of aromatic nitrogens is 1. The Morgan fingerprint density at radius 2 is 2.37 bits per heavy atom. The topological polar surface area (TPSA) is 124 Å². The molecule has 2 aromatic heterocycles. The first-order valence-electron chi connectivity index (χ1n) is 5.27. The third-order valence-electron chi connectivity index (χ3n) is 2.38. The van der Waals surface area contributed by atoms with Crippen molar-refractivity contribution in [2.24, 2.45) is 0 Å². The highest BCUT2D eigenvalue weighted by Gasteiger charge is 2.21. The summed E-state index contributed by atoms with van der Waals surface area (Å²) in [5.41, 5.74) is 5.66. The number of carbonyl (C=O) groups excluding carboxylic acids is 1. The van der Waals surface area contributed by atoms with Crippen LogP contribution in [0.1, 0.15) is 15.9 Å². The molecule has 0 atom stereocenters. The Kier molecular flexibility index (Phi) is 3.42. The summed E-state index contributed by atoms with van der Waals surface area (Å²) in [6, 6.07) is 2.85. The van der Waals surface area contributed by atoms with Gasteiger partial charge in [0, 0.05) is 12.1 Å². The molecule has 0 saturated carbocycles. The van der Waals surface area contributed by atoms with Crippen molar-refractivity contribution in [1.29, 1.82) is 0 Å². The number of nitrogens with one attached hydrogen (secondary N) is 1. The zero-order valence-corrected chi connectivity index (χ0v) is 9.70. The summed E-state index contributed by atoms with van der Waals surface area (Å²) in [6.45, 7) is 0.203. The lowest BCUT2D eigenvalue weighted by Gasteiger charge is -2.04. The fourth-order valence-corrected chi connectivity index (χ4v) is 1.46. The van der Waals surface area contributed by atoms with Crippen LogP contribution in [-0.4, -0.2) is 15.8 Å². The summed E-state index contributed by atoms with van der Waals surface area (Å²) < 4.78 is 4.84. The summed E-state index contributed by atoms with van der Waals surface area (Å²) in [6.07, 6.45) is 3.89. The molecule has 0 unspecified atom stereocenters. The molecule has 2 heterocycles. The van der Waals surface area contributed by atoms with Gasteiger partial charge in [0.15, 0.2) is 0 Å². The molecule has 1 amide bonds. The first kappa shape index (κ1) is 12.6. The van der Waals surface area contributed by atoms with E-state index in [0.29, 0.717) is 0 Å². The maximum absolute atomic E-state index is 11.9. The molecule has 0 bridgehead atoms. The lowest BCUT2D eigenvalue weighted by atomic mass is 10.2. The van der Waals surface area contributed by atoms with E-state index >= 15 is 0 Å². The first-order valence-corrected chi connectivity index (χ1v) is 5.27. The highest BCUT2D eigenvalue weighted by atomic mass is 16.6. The average molecular weight is 262 g/mol. The van der Waals surface area contributed by atoms with Crippen LogP contribution in [0.25, 0.3) is 0 Å². The van der Waals surface area contributed by atoms with Gasteiger partial charge in [-0.2, -0.15) is 0 Å². The number of nitro groups is 1. The van der Waals surface area contributed by atoms with E-state index in [1.54, 1.807) is 6.07 Å². The second-order valence-corrected chi connectivity index (χ2v) is 3.70. The second-order valence-electron chi connectivity index (χ2n) is 3.70. The monoisotopic (exact) mass is 262 g/mol. The van der Waals surface area contributed by atoms with Crippen LogP contribution in [0.2, 0.25) is 0 Å². The lowest BCUT2D eigenvalue weighted by Crippen LogP contribution is -2.23. The van der Waals surface area contributed by atoms with Gasteiger partial charge in [0.05, 0.1) is 17.4 Å². The zero-order valence-electron chi connectivity index (χ0n) is 9.70. The second kappa shape index (κ2) is 5.17. The third-order valence-corrected chi connectivity index (χ3v) is 2.38. The number of furan rings is 1. The van der Waals surface area contributed by atoms with Crippen LogP contribution in [-0.2, 0) is 6.54 Å². The molecule has 0 aromatic carbocycles. The van der Waals surface area contributed by atoms with E-state index in [-0.39, 0.29) is 23.6 Å². The minimum Gasteiger partial charge on any atom is -0.472 e. The number of nitrogens with two attached hydrogens (primary N) is 1. The highest BCUT2D eigenvalue weighted by molar-refractivity contribution is 5.98. The Labute approximate surface area is 107 Å². The number of pyridine rings is 1. The summed E-state index contributed by atoms with van der Waals surface area (Å²) in [7, 11) is 0. The van der Waals surface area contributed by atoms with Gasteiger partial charge in [-0.3, -0.25) is 14.9 Å². The number of hydrogen-bond acceptors (Lipinski definition) is 6. The van der Waals surface area contributed by atoms with Gasteiger partial charge in [-0.05, 0) is 12.1 Å². The summed E-state index contributed by atoms with van der Waals surface area (Å²) in [4.78, 5) is 25.6. The van der Waals surface area contributed by atoms with Crippen LogP contribution >= 0.6 is 0 Å². The molecular formula is C11H10N4O4. The highest BCUT2D eigenvalue weighted by Crippen LogP contribution is 2.18. The van der Waals surface area contributed by atoms with E-state index in [0.717, 1.165) is 11.8 Å². The first-order chi connectivity index (χ1) is 9.08. The van der Waals surface area contributed by atoms with Crippen molar-refractivity contribution in [2.45, 2.75) is 6.54 Å². The van der Waals surface area contributed by atoms with E-state index in [1.807, 2.05) is 0 Å². The zero-order chi connectivity index (χ0) is 13.8. The van der Waals surface area contributed by atoms with Crippen LogP contribution in [0.3, 0.4) is 0 Å². The van der Waals surface area contributed by atoms with Crippen molar-refractivity contribution in [3.05, 3.63) is 52.1 Å². The van der Waals surface area contributed by atoms with Crippen LogP contribution in [0.4, 0.5) is 11.5 Å². The summed E-state index contributed by atoms with van der Waals surface area (Å²) >= 11 is 0. The molecular weight excluding hydrogens is 252 g/mol. The van der Waals surface area contributed by atoms with Crippen molar-refractivity contribution in [3.63, 3.8) is 0 Å². The molecule has 0 aliphatic rings. The predicted octanol–water partition coefficient (Wildman–Crippen LogP) is 1.10. The molecule has 2 rings (SSSR count). The normalized spacial score (nSPS) is 10.1. The molecule has 0 fully saturated rings. The summed E-state index contributed by atoms with van der Waals surface area (Å²) in [5.74, 6) is -0.555. The minimum absolute atomic E-state index is 0.0408. The van der Waals surface area contributed by atoms with E-state index in [9.17, 15) is 14.9 Å². The van der Waals surface area contributed by atoms with Crippen molar-refractivity contribution in [3.8, 4) is 0 Å². The Morgan fingerprint density at radius 1 is 1.58 bits per heavy atom. The van der Waals surface area contributed by atoms with Crippen molar-refractivity contribution >= 4 is 17.4 Å². The lowest BCUT2D eigenvalue weighted by molar-refractivity contribution is -0.385. The molecule has 19 heavy (non-hydrogen) atoms. The quantitative estimate of drug-likeness (QED) is 0.627. The van der Waals surface area contributed by atoms with Gasteiger partial charge in [-0.25, -0.2) is 4.98 Å². The summed E-state index contributed by atoms with van der Waals surface area (Å²) in [5, 5.41) is 13.3. The van der Waals surface area contributed by atoms with Crippen LogP contribution < -0.4 is 11.1 Å². The molecule has 8 nitrogen and oxygen atoms in total. The largest absolute Gasteiger partial charge is 0.472 e. The Morgan fingerprint density at radius 3 is 3.00 bits per heavy atom. The molecule has 8 heteroatoms. The van der Waals surface area contributed by atoms with Gasteiger partial charge in [0.2, 0.25) is 0 Å². The standard InChI is InChI=1S/C11H10N4O4/c12-10-3-8(9(5-13-10)15(17)18)11(16)14-4-7-1-2-19-6-7/h1-3,5-6H,4H2,(H2,12,13)(H,14,16). The van der Waals surface area contributed by atoms with Crippen molar-refractivity contribution in [1.82, 2.24) is 10.3 Å². The van der Waals surface area contributed by atoms with Crippen molar-refractivity contribution in [2.75, 3.05) is 5.73 Å². The number of hydrogen-bond donors (Lipinski definition) is 2. The smallest absolute Gasteiger partial charge is 0.300 e. The molecule has 98 valence electrons. The molecule has 2 aromatic rings. The van der Waals surface area contributed by atoms with Crippen molar-refractivity contribution < 1.29 is 14.1 Å². The Balaban J connectivity index is 2.18. The molecule has 0 saturated heterocycles. The minimum atomic E-state index is -0.681. The average Bonchev–Trinajstić information content (AvgIpc) is 2.88. The number of rotatable bonds is 4. The van der Waals surface area contributed by atoms with E-state index < -0.39 is 10.8 Å². The number of carbonyl (C=O) groups is 1. The van der Waals surface area contributed by atoms with Crippen LogP contribution in [0.15, 0.2) is 35.3 Å². The third kappa shape index (κ3) is 2.86. The Bertz CT molecular complexity index is 609.